The fraction of sp³-hybridized carbons (Fsp3) is 0.125. The summed E-state index contributed by atoms with van der Waals surface area (Å²) >= 11 is 0. The van der Waals surface area contributed by atoms with Gasteiger partial charge in [-0.3, -0.25) is 9.71 Å². The minimum atomic E-state index is -3.78. The van der Waals surface area contributed by atoms with Crippen LogP contribution in [0.25, 0.3) is 0 Å². The molecule has 15 heavy (non-hydrogen) atoms. The lowest BCUT2D eigenvalue weighted by atomic mass is 10.2. The van der Waals surface area contributed by atoms with Gasteiger partial charge in [0.25, 0.3) is 10.2 Å². The molecule has 5 N–H and O–H groups in total. The molecule has 0 unspecified atom stereocenters. The smallest absolute Gasteiger partial charge is 0.298 e. The lowest BCUT2D eigenvalue weighted by Crippen LogP contribution is -2.33. The second-order valence-corrected chi connectivity index (χ2v) is 4.55. The number of hydrogen-bond acceptors (Lipinski definition) is 3. The molecule has 0 atom stereocenters. The van der Waals surface area contributed by atoms with Crippen LogP contribution in [0.3, 0.4) is 0 Å². The molecular formula is C8H12N4O2S. The number of benzene rings is 1. The van der Waals surface area contributed by atoms with Crippen molar-refractivity contribution in [2.24, 2.45) is 10.9 Å². The Kier molecular flexibility index (Phi) is 2.96. The zero-order chi connectivity index (χ0) is 11.6. The van der Waals surface area contributed by atoms with Crippen LogP contribution in [-0.4, -0.2) is 21.3 Å². The fourth-order valence-corrected chi connectivity index (χ4v) is 1.42. The molecular weight excluding hydrogens is 216 g/mol. The zero-order valence-corrected chi connectivity index (χ0v) is 8.95. The van der Waals surface area contributed by atoms with Gasteiger partial charge in [0.1, 0.15) is 5.84 Å². The van der Waals surface area contributed by atoms with Gasteiger partial charge in [-0.05, 0) is 12.1 Å². The van der Waals surface area contributed by atoms with Crippen LogP contribution in [-0.2, 0) is 10.2 Å². The number of nitrogens with two attached hydrogens (primary N) is 2. The number of anilines is 1. The summed E-state index contributed by atoms with van der Waals surface area (Å²) in [6.07, 6.45) is 0. The summed E-state index contributed by atoms with van der Waals surface area (Å²) in [6.45, 7) is 0. The van der Waals surface area contributed by atoms with E-state index in [1.165, 1.54) is 13.1 Å². The first-order chi connectivity index (χ1) is 6.82. The minimum absolute atomic E-state index is 0.125. The fourth-order valence-electron chi connectivity index (χ4n) is 1.02. The van der Waals surface area contributed by atoms with Gasteiger partial charge in [-0.1, -0.05) is 12.1 Å². The van der Waals surface area contributed by atoms with Crippen molar-refractivity contribution in [1.29, 1.82) is 5.41 Å². The number of nitrogens with zero attached hydrogens (tertiary/aromatic N) is 1. The standard InChI is InChI=1S/C8H12N4O2S/c1-12(15(11,13)14)7-4-2-3-6(5-7)8(9)10/h2-5H,1H3,(H3,9,10)(H2,11,13,14). The molecule has 0 aliphatic rings. The summed E-state index contributed by atoms with van der Waals surface area (Å²) in [6, 6.07) is 6.26. The zero-order valence-electron chi connectivity index (χ0n) is 8.14. The Labute approximate surface area is 88.2 Å². The molecule has 0 saturated heterocycles. The van der Waals surface area contributed by atoms with Crippen molar-refractivity contribution in [2.75, 3.05) is 11.4 Å². The highest BCUT2D eigenvalue weighted by Crippen LogP contribution is 2.15. The second kappa shape index (κ2) is 3.87. The molecule has 1 rings (SSSR count). The third kappa shape index (κ3) is 2.67. The number of amidine groups is 1. The van der Waals surface area contributed by atoms with Crippen molar-refractivity contribution in [3.05, 3.63) is 29.8 Å². The molecule has 0 aromatic heterocycles. The van der Waals surface area contributed by atoms with Crippen LogP contribution in [0.1, 0.15) is 5.56 Å². The first-order valence-corrected chi connectivity index (χ1v) is 5.54. The maximum atomic E-state index is 11.0. The molecule has 1 aromatic rings. The summed E-state index contributed by atoms with van der Waals surface area (Å²) in [5.74, 6) is -0.125. The van der Waals surface area contributed by atoms with E-state index in [-0.39, 0.29) is 5.84 Å². The van der Waals surface area contributed by atoms with Gasteiger partial charge in [-0.15, -0.1) is 0 Å². The number of hydrogen-bond donors (Lipinski definition) is 3. The van der Waals surface area contributed by atoms with E-state index >= 15 is 0 Å². The van der Waals surface area contributed by atoms with Crippen LogP contribution < -0.4 is 15.2 Å². The molecule has 0 amide bonds. The lowest BCUT2D eigenvalue weighted by Gasteiger charge is -2.16. The van der Waals surface area contributed by atoms with Gasteiger partial charge >= 0.3 is 0 Å². The van der Waals surface area contributed by atoms with E-state index in [4.69, 9.17) is 16.3 Å². The number of rotatable bonds is 3. The van der Waals surface area contributed by atoms with Crippen LogP contribution in [0.15, 0.2) is 24.3 Å². The van der Waals surface area contributed by atoms with Gasteiger partial charge in [0.15, 0.2) is 0 Å². The molecule has 6 nitrogen and oxygen atoms in total. The summed E-state index contributed by atoms with van der Waals surface area (Å²) in [4.78, 5) is 0. The van der Waals surface area contributed by atoms with Crippen molar-refractivity contribution in [3.8, 4) is 0 Å². The number of nitrogen functional groups attached to an aromatic ring is 1. The Balaban J connectivity index is 3.17. The molecule has 0 bridgehead atoms. The van der Waals surface area contributed by atoms with Crippen molar-refractivity contribution in [3.63, 3.8) is 0 Å². The van der Waals surface area contributed by atoms with E-state index in [9.17, 15) is 8.42 Å². The molecule has 1 aromatic carbocycles. The lowest BCUT2D eigenvalue weighted by molar-refractivity contribution is 0.596. The molecule has 0 radical (unpaired) electrons. The second-order valence-electron chi connectivity index (χ2n) is 2.98. The Morgan fingerprint density at radius 2 is 2.07 bits per heavy atom. The third-order valence-electron chi connectivity index (χ3n) is 1.90. The summed E-state index contributed by atoms with van der Waals surface area (Å²) in [5, 5.41) is 12.2. The highest BCUT2D eigenvalue weighted by Gasteiger charge is 2.12. The summed E-state index contributed by atoms with van der Waals surface area (Å²) in [7, 11) is -2.45. The van der Waals surface area contributed by atoms with Gasteiger partial charge in [0.05, 0.1) is 5.69 Å². The van der Waals surface area contributed by atoms with Crippen molar-refractivity contribution in [2.45, 2.75) is 0 Å². The SMILES string of the molecule is CN(c1cccc(C(=N)N)c1)S(N)(=O)=O. The highest BCUT2D eigenvalue weighted by molar-refractivity contribution is 7.90. The van der Waals surface area contributed by atoms with Crippen LogP contribution in [0.2, 0.25) is 0 Å². The highest BCUT2D eigenvalue weighted by atomic mass is 32.2. The van der Waals surface area contributed by atoms with E-state index < -0.39 is 10.2 Å². The monoisotopic (exact) mass is 228 g/mol. The third-order valence-corrected chi connectivity index (χ3v) is 2.88. The predicted molar refractivity (Wildman–Crippen MR) is 59.0 cm³/mol. The molecule has 0 aliphatic heterocycles. The number of nitrogens with one attached hydrogen (secondary N) is 1. The molecule has 0 heterocycles. The molecule has 0 spiro atoms. The largest absolute Gasteiger partial charge is 0.384 e. The van der Waals surface area contributed by atoms with Gasteiger partial charge < -0.3 is 5.73 Å². The van der Waals surface area contributed by atoms with Crippen LogP contribution in [0.4, 0.5) is 5.69 Å². The summed E-state index contributed by atoms with van der Waals surface area (Å²) < 4.78 is 23.0. The van der Waals surface area contributed by atoms with Gasteiger partial charge in [-0.2, -0.15) is 8.42 Å². The minimum Gasteiger partial charge on any atom is -0.384 e. The van der Waals surface area contributed by atoms with Crippen LogP contribution in [0, 0.1) is 5.41 Å². The van der Waals surface area contributed by atoms with Crippen molar-refractivity contribution in [1.82, 2.24) is 0 Å². The van der Waals surface area contributed by atoms with Crippen LogP contribution in [0.5, 0.6) is 0 Å². The average molecular weight is 228 g/mol. The first-order valence-electron chi connectivity index (χ1n) is 4.03. The maximum absolute atomic E-state index is 11.0. The predicted octanol–water partition coefficient (Wildman–Crippen LogP) is -0.390. The van der Waals surface area contributed by atoms with Gasteiger partial charge in [0, 0.05) is 12.6 Å². The van der Waals surface area contributed by atoms with E-state index in [0.717, 1.165) is 4.31 Å². The molecule has 0 saturated carbocycles. The van der Waals surface area contributed by atoms with E-state index in [1.54, 1.807) is 18.2 Å². The summed E-state index contributed by atoms with van der Waals surface area (Å²) in [5.41, 5.74) is 6.09. The van der Waals surface area contributed by atoms with Gasteiger partial charge in [-0.25, -0.2) is 5.14 Å². The Hall–Kier alpha value is -1.60. The maximum Gasteiger partial charge on any atom is 0.298 e. The Morgan fingerprint density at radius 3 is 2.53 bits per heavy atom. The Bertz CT molecular complexity index is 483. The van der Waals surface area contributed by atoms with Gasteiger partial charge in [0.2, 0.25) is 0 Å². The topological polar surface area (TPSA) is 113 Å². The van der Waals surface area contributed by atoms with E-state index in [0.29, 0.717) is 11.3 Å². The average Bonchev–Trinajstić information content (AvgIpc) is 2.15. The Morgan fingerprint density at radius 1 is 1.47 bits per heavy atom. The first kappa shape index (κ1) is 11.5. The van der Waals surface area contributed by atoms with E-state index in [1.807, 2.05) is 0 Å². The quantitative estimate of drug-likeness (QED) is 0.483. The molecule has 0 aliphatic carbocycles. The molecule has 7 heteroatoms. The molecule has 0 fully saturated rings. The molecule has 82 valence electrons. The van der Waals surface area contributed by atoms with Crippen molar-refractivity contribution < 1.29 is 8.42 Å². The van der Waals surface area contributed by atoms with E-state index in [2.05, 4.69) is 0 Å². The normalized spacial score (nSPS) is 11.1. The van der Waals surface area contributed by atoms with Crippen molar-refractivity contribution >= 4 is 21.7 Å². The van der Waals surface area contributed by atoms with Crippen LogP contribution >= 0.6 is 0 Å².